The molecule has 0 spiro atoms. The predicted octanol–water partition coefficient (Wildman–Crippen LogP) is 3.77. The van der Waals surface area contributed by atoms with E-state index in [-0.39, 0.29) is 0 Å². The molecule has 0 saturated carbocycles. The number of rotatable bonds is 1. The molecule has 3 aromatic heterocycles. The van der Waals surface area contributed by atoms with Crippen LogP contribution in [0.3, 0.4) is 0 Å². The Morgan fingerprint density at radius 2 is 2.08 bits per heavy atom. The molecular formula is C20H18N2O2. The molecule has 0 radical (unpaired) electrons. The summed E-state index contributed by atoms with van der Waals surface area (Å²) in [5.41, 5.74) is 4.10. The van der Waals surface area contributed by atoms with Crippen LogP contribution in [0.1, 0.15) is 24.5 Å². The summed E-state index contributed by atoms with van der Waals surface area (Å²) in [5, 5.41) is 13.2. The normalized spacial score (nSPS) is 20.8. The minimum atomic E-state index is -0.914. The fourth-order valence-electron chi connectivity index (χ4n) is 3.74. The van der Waals surface area contributed by atoms with Gasteiger partial charge in [0, 0.05) is 28.7 Å². The van der Waals surface area contributed by atoms with Crippen molar-refractivity contribution in [2.75, 3.05) is 6.61 Å². The Hall–Kier alpha value is -2.43. The summed E-state index contributed by atoms with van der Waals surface area (Å²) in [6.45, 7) is 2.88. The third-order valence-corrected chi connectivity index (χ3v) is 5.16. The van der Waals surface area contributed by atoms with Crippen molar-refractivity contribution in [3.63, 3.8) is 0 Å². The van der Waals surface area contributed by atoms with E-state index in [2.05, 4.69) is 35.0 Å². The Bertz CT molecular complexity index is 1100. The van der Waals surface area contributed by atoms with Crippen LogP contribution in [0.2, 0.25) is 0 Å². The van der Waals surface area contributed by atoms with Gasteiger partial charge in [0.25, 0.3) is 0 Å². The standard InChI is InChI=1S/C20H18N2O2/c1-2-20(23)12-24-11-15-10-22-9-14-7-13-5-3-4-6-17(13)21-19(14)18(22)8-16(15)20/h3-10,23H,2,11-12H2,1H3/t20-/m1/s1. The fourth-order valence-corrected chi connectivity index (χ4v) is 3.74. The van der Waals surface area contributed by atoms with Gasteiger partial charge in [-0.2, -0.15) is 0 Å². The highest BCUT2D eigenvalue weighted by molar-refractivity contribution is 6.01. The smallest absolute Gasteiger partial charge is 0.113 e. The van der Waals surface area contributed by atoms with E-state index < -0.39 is 5.60 Å². The number of aromatic nitrogens is 2. The Balaban J connectivity index is 1.87. The molecule has 1 aliphatic heterocycles. The van der Waals surface area contributed by atoms with Crippen LogP contribution in [-0.4, -0.2) is 21.1 Å². The quantitative estimate of drug-likeness (QED) is 0.581. The number of para-hydroxylation sites is 1. The third-order valence-electron chi connectivity index (χ3n) is 5.16. The highest BCUT2D eigenvalue weighted by Gasteiger charge is 2.34. The summed E-state index contributed by atoms with van der Waals surface area (Å²) in [6.07, 6.45) is 4.80. The van der Waals surface area contributed by atoms with Crippen molar-refractivity contribution in [2.24, 2.45) is 0 Å². The molecule has 1 aliphatic rings. The molecule has 4 aromatic rings. The molecule has 0 saturated heterocycles. The highest BCUT2D eigenvalue weighted by atomic mass is 16.5. The monoisotopic (exact) mass is 318 g/mol. The van der Waals surface area contributed by atoms with Gasteiger partial charge in [-0.3, -0.25) is 0 Å². The van der Waals surface area contributed by atoms with Gasteiger partial charge in [-0.25, -0.2) is 4.98 Å². The summed E-state index contributed by atoms with van der Waals surface area (Å²) in [6, 6.07) is 12.4. The van der Waals surface area contributed by atoms with E-state index in [9.17, 15) is 5.11 Å². The summed E-state index contributed by atoms with van der Waals surface area (Å²) < 4.78 is 7.71. The number of ether oxygens (including phenoxy) is 1. The van der Waals surface area contributed by atoms with E-state index in [4.69, 9.17) is 9.72 Å². The lowest BCUT2D eigenvalue weighted by Crippen LogP contribution is -2.35. The molecule has 0 aliphatic carbocycles. The molecule has 1 atom stereocenters. The van der Waals surface area contributed by atoms with Crippen LogP contribution >= 0.6 is 0 Å². The second kappa shape index (κ2) is 4.79. The van der Waals surface area contributed by atoms with Crippen LogP contribution in [-0.2, 0) is 16.9 Å². The van der Waals surface area contributed by atoms with Crippen molar-refractivity contribution in [1.82, 2.24) is 9.38 Å². The summed E-state index contributed by atoms with van der Waals surface area (Å²) in [5.74, 6) is 0. The van der Waals surface area contributed by atoms with Gasteiger partial charge in [-0.05, 0) is 30.2 Å². The molecule has 120 valence electrons. The number of pyridine rings is 2. The largest absolute Gasteiger partial charge is 0.383 e. The highest BCUT2D eigenvalue weighted by Crippen LogP contribution is 2.36. The van der Waals surface area contributed by atoms with Gasteiger partial charge in [-0.15, -0.1) is 0 Å². The Labute approximate surface area is 139 Å². The molecule has 0 fully saturated rings. The number of benzene rings is 1. The summed E-state index contributed by atoms with van der Waals surface area (Å²) >= 11 is 0. The van der Waals surface area contributed by atoms with E-state index in [1.165, 1.54) is 0 Å². The average Bonchev–Trinajstić information content (AvgIpc) is 2.95. The number of nitrogens with zero attached hydrogens (tertiary/aromatic N) is 2. The van der Waals surface area contributed by atoms with Crippen molar-refractivity contribution >= 4 is 27.3 Å². The molecule has 1 aromatic carbocycles. The number of hydrogen-bond acceptors (Lipinski definition) is 3. The zero-order valence-electron chi connectivity index (χ0n) is 13.5. The van der Waals surface area contributed by atoms with Crippen LogP contribution < -0.4 is 0 Å². The van der Waals surface area contributed by atoms with Crippen LogP contribution in [0, 0.1) is 0 Å². The van der Waals surface area contributed by atoms with Crippen LogP contribution in [0.5, 0.6) is 0 Å². The molecule has 1 N–H and O–H groups in total. The molecule has 0 unspecified atom stereocenters. The van der Waals surface area contributed by atoms with Crippen molar-refractivity contribution in [3.05, 3.63) is 59.9 Å². The van der Waals surface area contributed by atoms with E-state index in [0.717, 1.165) is 38.4 Å². The molecule has 0 amide bonds. The van der Waals surface area contributed by atoms with Crippen molar-refractivity contribution in [1.29, 1.82) is 0 Å². The Morgan fingerprint density at radius 3 is 2.96 bits per heavy atom. The predicted molar refractivity (Wildman–Crippen MR) is 94.0 cm³/mol. The van der Waals surface area contributed by atoms with Gasteiger partial charge in [0.05, 0.1) is 29.8 Å². The van der Waals surface area contributed by atoms with Gasteiger partial charge in [0.15, 0.2) is 0 Å². The lowest BCUT2D eigenvalue weighted by atomic mass is 9.87. The van der Waals surface area contributed by atoms with Gasteiger partial charge in [-0.1, -0.05) is 25.1 Å². The van der Waals surface area contributed by atoms with Gasteiger partial charge >= 0.3 is 0 Å². The molecule has 4 heteroatoms. The Kier molecular flexibility index (Phi) is 2.78. The second-order valence-electron chi connectivity index (χ2n) is 6.63. The minimum Gasteiger partial charge on any atom is -0.383 e. The summed E-state index contributed by atoms with van der Waals surface area (Å²) in [7, 11) is 0. The average molecular weight is 318 g/mol. The zero-order valence-corrected chi connectivity index (χ0v) is 13.5. The second-order valence-corrected chi connectivity index (χ2v) is 6.63. The Morgan fingerprint density at radius 1 is 1.21 bits per heavy atom. The zero-order chi connectivity index (χ0) is 16.3. The maximum absolute atomic E-state index is 10.9. The molecular weight excluding hydrogens is 300 g/mol. The van der Waals surface area contributed by atoms with Crippen molar-refractivity contribution in [3.8, 4) is 0 Å². The van der Waals surface area contributed by atoms with E-state index in [1.54, 1.807) is 0 Å². The number of fused-ring (bicyclic) bond motifs is 5. The van der Waals surface area contributed by atoms with E-state index in [0.29, 0.717) is 19.6 Å². The van der Waals surface area contributed by atoms with Crippen LogP contribution in [0.15, 0.2) is 48.8 Å². The SMILES string of the molecule is CC[C@@]1(O)COCc2cn3cc4cc5ccccc5nc4c3cc21. The van der Waals surface area contributed by atoms with Gasteiger partial charge in [0.1, 0.15) is 5.60 Å². The number of hydrogen-bond donors (Lipinski definition) is 1. The fraction of sp³-hybridized carbons (Fsp3) is 0.250. The lowest BCUT2D eigenvalue weighted by molar-refractivity contribution is -0.0751. The number of aliphatic hydroxyl groups is 1. The first-order valence-corrected chi connectivity index (χ1v) is 8.32. The van der Waals surface area contributed by atoms with Crippen molar-refractivity contribution < 1.29 is 9.84 Å². The lowest BCUT2D eigenvalue weighted by Gasteiger charge is -2.33. The van der Waals surface area contributed by atoms with Crippen LogP contribution in [0.4, 0.5) is 0 Å². The first-order chi connectivity index (χ1) is 11.7. The topological polar surface area (TPSA) is 46.8 Å². The molecule has 4 nitrogen and oxygen atoms in total. The molecule has 5 rings (SSSR count). The van der Waals surface area contributed by atoms with Gasteiger partial charge < -0.3 is 14.2 Å². The molecule has 24 heavy (non-hydrogen) atoms. The van der Waals surface area contributed by atoms with Gasteiger partial charge in [0.2, 0.25) is 0 Å². The first kappa shape index (κ1) is 14.0. The maximum atomic E-state index is 10.9. The van der Waals surface area contributed by atoms with Crippen molar-refractivity contribution in [2.45, 2.75) is 25.6 Å². The van der Waals surface area contributed by atoms with Crippen LogP contribution in [0.25, 0.3) is 27.3 Å². The minimum absolute atomic E-state index is 0.349. The third kappa shape index (κ3) is 1.84. The summed E-state index contributed by atoms with van der Waals surface area (Å²) in [4.78, 5) is 4.85. The van der Waals surface area contributed by atoms with E-state index >= 15 is 0 Å². The maximum Gasteiger partial charge on any atom is 0.113 e. The molecule has 4 heterocycles. The van der Waals surface area contributed by atoms with E-state index in [1.807, 2.05) is 25.1 Å². The first-order valence-electron chi connectivity index (χ1n) is 8.32. The molecule has 0 bridgehead atoms.